The minimum Gasteiger partial charge on any atom is -0.490 e. The van der Waals surface area contributed by atoms with Gasteiger partial charge in [0, 0.05) is 9.50 Å². The number of aromatic amines is 1. The lowest BCUT2D eigenvalue weighted by Crippen LogP contribution is -2.14. The molecule has 0 saturated heterocycles. The number of halogens is 2. The van der Waals surface area contributed by atoms with E-state index in [1.54, 1.807) is 11.0 Å². The van der Waals surface area contributed by atoms with E-state index >= 15 is 0 Å². The third-order valence-electron chi connectivity index (χ3n) is 3.69. The van der Waals surface area contributed by atoms with Gasteiger partial charge in [0.15, 0.2) is 11.5 Å². The lowest BCUT2D eigenvalue weighted by atomic mass is 10.2. The quantitative estimate of drug-likeness (QED) is 0.451. The minimum atomic E-state index is 0.398. The highest BCUT2D eigenvalue weighted by molar-refractivity contribution is 9.10. The number of H-pyrrole nitrogens is 1. The summed E-state index contributed by atoms with van der Waals surface area (Å²) in [5, 5.41) is 7.26. The zero-order valence-corrected chi connectivity index (χ0v) is 17.7. The Morgan fingerprint density at radius 3 is 2.78 bits per heavy atom. The molecule has 2 N–H and O–H groups in total. The summed E-state index contributed by atoms with van der Waals surface area (Å²) in [6.45, 7) is 3.40. The maximum Gasteiger partial charge on any atom is 0.214 e. The number of rotatable bonds is 8. The SMILES string of the molecule is CCOc1cc(CNn2cn[nH]c2=S)c(Br)cc1OCc1cccc(Cl)c1. The van der Waals surface area contributed by atoms with Gasteiger partial charge in [-0.3, -0.25) is 5.10 Å². The summed E-state index contributed by atoms with van der Waals surface area (Å²) in [4.78, 5) is 0. The fourth-order valence-corrected chi connectivity index (χ4v) is 3.25. The van der Waals surface area contributed by atoms with Gasteiger partial charge >= 0.3 is 0 Å². The van der Waals surface area contributed by atoms with Crippen LogP contribution in [-0.2, 0) is 13.2 Å². The highest BCUT2D eigenvalue weighted by Crippen LogP contribution is 2.34. The van der Waals surface area contributed by atoms with Crippen LogP contribution in [0.3, 0.4) is 0 Å². The zero-order valence-electron chi connectivity index (χ0n) is 14.5. The van der Waals surface area contributed by atoms with Crippen LogP contribution in [0.2, 0.25) is 5.02 Å². The van der Waals surface area contributed by atoms with Crippen LogP contribution in [0.4, 0.5) is 0 Å². The third kappa shape index (κ3) is 5.24. The molecule has 0 aliphatic rings. The third-order valence-corrected chi connectivity index (χ3v) is 4.95. The molecule has 1 heterocycles. The van der Waals surface area contributed by atoms with E-state index in [4.69, 9.17) is 33.3 Å². The van der Waals surface area contributed by atoms with Crippen LogP contribution in [-0.4, -0.2) is 21.5 Å². The van der Waals surface area contributed by atoms with Crippen molar-refractivity contribution in [2.45, 2.75) is 20.1 Å². The molecule has 0 aliphatic heterocycles. The van der Waals surface area contributed by atoms with E-state index in [0.29, 0.717) is 41.1 Å². The van der Waals surface area contributed by atoms with Crippen molar-refractivity contribution in [3.05, 3.63) is 68.1 Å². The Hall–Kier alpha value is -2.03. The van der Waals surface area contributed by atoms with E-state index in [-0.39, 0.29) is 0 Å². The monoisotopic (exact) mass is 468 g/mol. The zero-order chi connectivity index (χ0) is 19.2. The summed E-state index contributed by atoms with van der Waals surface area (Å²) in [7, 11) is 0. The summed E-state index contributed by atoms with van der Waals surface area (Å²) in [5.41, 5.74) is 5.16. The number of benzene rings is 2. The molecule has 0 bridgehead atoms. The Bertz CT molecular complexity index is 976. The van der Waals surface area contributed by atoms with Crippen molar-refractivity contribution in [3.8, 4) is 11.5 Å². The first kappa shape index (κ1) is 19.7. The molecule has 3 rings (SSSR count). The minimum absolute atomic E-state index is 0.398. The molecule has 0 fully saturated rings. The Kier molecular flexibility index (Phi) is 6.76. The van der Waals surface area contributed by atoms with Crippen molar-refractivity contribution in [2.75, 3.05) is 12.0 Å². The molecule has 6 nitrogen and oxygen atoms in total. The van der Waals surface area contributed by atoms with Gasteiger partial charge in [0.05, 0.1) is 13.2 Å². The van der Waals surface area contributed by atoms with Crippen LogP contribution >= 0.6 is 39.7 Å². The molecule has 3 aromatic rings. The van der Waals surface area contributed by atoms with Crippen LogP contribution in [0, 0.1) is 4.77 Å². The molecule has 1 aromatic heterocycles. The largest absolute Gasteiger partial charge is 0.490 e. The second-order valence-electron chi connectivity index (χ2n) is 5.61. The van der Waals surface area contributed by atoms with Crippen molar-refractivity contribution in [3.63, 3.8) is 0 Å². The Morgan fingerprint density at radius 2 is 2.07 bits per heavy atom. The van der Waals surface area contributed by atoms with Crippen molar-refractivity contribution < 1.29 is 9.47 Å². The molecule has 142 valence electrons. The molecular weight excluding hydrogens is 452 g/mol. The van der Waals surface area contributed by atoms with Crippen molar-refractivity contribution in [2.24, 2.45) is 0 Å². The maximum atomic E-state index is 6.03. The predicted molar refractivity (Wildman–Crippen MR) is 112 cm³/mol. The highest BCUT2D eigenvalue weighted by Gasteiger charge is 2.12. The van der Waals surface area contributed by atoms with Gasteiger partial charge in [-0.05, 0) is 54.5 Å². The first-order chi connectivity index (χ1) is 13.1. The number of hydrogen-bond donors (Lipinski definition) is 2. The van der Waals surface area contributed by atoms with E-state index < -0.39 is 0 Å². The first-order valence-electron chi connectivity index (χ1n) is 8.25. The van der Waals surface area contributed by atoms with Gasteiger partial charge in [0.25, 0.3) is 0 Å². The molecular formula is C18H18BrClN4O2S. The number of nitrogens with one attached hydrogen (secondary N) is 2. The standard InChI is InChI=1S/C18H18BrClN4O2S/c1-2-25-16-7-13(9-22-24-11-21-23-18(24)27)15(19)8-17(16)26-10-12-4-3-5-14(20)6-12/h3-8,11,22H,2,9-10H2,1H3,(H,23,27). The molecule has 0 saturated carbocycles. The van der Waals surface area contributed by atoms with Crippen LogP contribution in [0.1, 0.15) is 18.1 Å². The van der Waals surface area contributed by atoms with E-state index in [1.165, 1.54) is 0 Å². The smallest absolute Gasteiger partial charge is 0.214 e. The lowest BCUT2D eigenvalue weighted by molar-refractivity contribution is 0.269. The molecule has 0 amide bonds. The second-order valence-corrected chi connectivity index (χ2v) is 7.29. The van der Waals surface area contributed by atoms with Crippen molar-refractivity contribution in [1.29, 1.82) is 0 Å². The van der Waals surface area contributed by atoms with Crippen molar-refractivity contribution >= 4 is 39.7 Å². The Morgan fingerprint density at radius 1 is 1.26 bits per heavy atom. The van der Waals surface area contributed by atoms with E-state index in [0.717, 1.165) is 15.6 Å². The average Bonchev–Trinajstić information content (AvgIpc) is 3.05. The maximum absolute atomic E-state index is 6.03. The molecule has 0 spiro atoms. The second kappa shape index (κ2) is 9.25. The molecule has 0 unspecified atom stereocenters. The van der Waals surface area contributed by atoms with Gasteiger partial charge in [0.2, 0.25) is 4.77 Å². The summed E-state index contributed by atoms with van der Waals surface area (Å²) in [6, 6.07) is 11.4. The highest BCUT2D eigenvalue weighted by atomic mass is 79.9. The van der Waals surface area contributed by atoms with E-state index in [9.17, 15) is 0 Å². The molecule has 0 radical (unpaired) electrons. The summed E-state index contributed by atoms with van der Waals surface area (Å²) in [6.07, 6.45) is 1.59. The summed E-state index contributed by atoms with van der Waals surface area (Å²) in [5.74, 6) is 1.34. The lowest BCUT2D eigenvalue weighted by Gasteiger charge is -2.16. The van der Waals surface area contributed by atoms with Gasteiger partial charge in [-0.15, -0.1) is 0 Å². The molecule has 27 heavy (non-hydrogen) atoms. The Balaban J connectivity index is 1.76. The number of hydrogen-bond acceptors (Lipinski definition) is 5. The number of ether oxygens (including phenoxy) is 2. The molecule has 0 atom stereocenters. The summed E-state index contributed by atoms with van der Waals surface area (Å²) >= 11 is 14.8. The fraction of sp³-hybridized carbons (Fsp3) is 0.222. The number of nitrogens with zero attached hydrogens (tertiary/aromatic N) is 2. The van der Waals surface area contributed by atoms with Gasteiger partial charge in [-0.25, -0.2) is 4.68 Å². The normalized spacial score (nSPS) is 10.6. The number of aromatic nitrogens is 3. The van der Waals surface area contributed by atoms with Crippen LogP contribution in [0.5, 0.6) is 11.5 Å². The molecule has 9 heteroatoms. The van der Waals surface area contributed by atoms with E-state index in [1.807, 2.05) is 43.3 Å². The average molecular weight is 470 g/mol. The Labute approximate surface area is 175 Å². The fourth-order valence-electron chi connectivity index (χ4n) is 2.41. The van der Waals surface area contributed by atoms with E-state index in [2.05, 4.69) is 31.6 Å². The van der Waals surface area contributed by atoms with Crippen molar-refractivity contribution in [1.82, 2.24) is 14.9 Å². The summed E-state index contributed by atoms with van der Waals surface area (Å²) < 4.78 is 14.8. The van der Waals surface area contributed by atoms with Gasteiger partial charge in [0.1, 0.15) is 12.9 Å². The predicted octanol–water partition coefficient (Wildman–Crippen LogP) is 5.08. The van der Waals surface area contributed by atoms with Gasteiger partial charge in [-0.1, -0.05) is 39.7 Å². The topological polar surface area (TPSA) is 64.1 Å². The van der Waals surface area contributed by atoms with Crippen LogP contribution < -0.4 is 14.9 Å². The van der Waals surface area contributed by atoms with Gasteiger partial charge in [-0.2, -0.15) is 5.10 Å². The van der Waals surface area contributed by atoms with Gasteiger partial charge < -0.3 is 14.9 Å². The van der Waals surface area contributed by atoms with Crippen LogP contribution in [0.25, 0.3) is 0 Å². The molecule has 2 aromatic carbocycles. The first-order valence-corrected chi connectivity index (χ1v) is 9.83. The van der Waals surface area contributed by atoms with Crippen LogP contribution in [0.15, 0.2) is 47.2 Å². The molecule has 0 aliphatic carbocycles.